The van der Waals surface area contributed by atoms with Crippen LogP contribution < -0.4 is 14.5 Å². The number of aryl methyl sites for hydroxylation is 1. The number of nitrogens with zero attached hydrogens (tertiary/aromatic N) is 5. The third kappa shape index (κ3) is 6.08. The fourth-order valence-electron chi connectivity index (χ4n) is 5.65. The van der Waals surface area contributed by atoms with E-state index in [-0.39, 0.29) is 31.5 Å². The van der Waals surface area contributed by atoms with Crippen LogP contribution in [0, 0.1) is 5.92 Å². The number of para-hydroxylation sites is 2. The lowest BCUT2D eigenvalue weighted by molar-refractivity contribution is -0.140. The SMILES string of the molecule is COC(=O)CCCCN1C(=O)[C@@](O)([C@@H](C)/C=C/CCn2cc(CCO)nn2)c2cc(N3C(=O)COc4ccccc43)ccc21. The van der Waals surface area contributed by atoms with Crippen molar-refractivity contribution in [2.75, 3.05) is 36.7 Å². The van der Waals surface area contributed by atoms with Gasteiger partial charge in [0.1, 0.15) is 5.75 Å². The number of benzene rings is 2. The molecule has 0 aliphatic carbocycles. The number of esters is 1. The molecule has 12 heteroatoms. The number of anilines is 3. The molecule has 0 saturated heterocycles. The van der Waals surface area contributed by atoms with E-state index in [9.17, 15) is 19.5 Å². The topological polar surface area (TPSA) is 147 Å². The Balaban J connectivity index is 1.42. The molecule has 0 saturated carbocycles. The molecule has 44 heavy (non-hydrogen) atoms. The van der Waals surface area contributed by atoms with E-state index in [2.05, 4.69) is 10.3 Å². The fourth-order valence-corrected chi connectivity index (χ4v) is 5.65. The van der Waals surface area contributed by atoms with E-state index in [1.54, 1.807) is 57.9 Å². The standard InChI is InChI=1S/C32H37N5O7/c1-22(9-5-7-16-35-20-23(15-18-38)33-34-35)32(42)25-19-24(37-27-10-3-4-11-28(27)44-21-29(37)39)13-14-26(25)36(31(32)41)17-8-6-12-30(40)43-2/h3-5,9-11,13-14,19-20,22,38,42H,6-8,12,15-18,21H2,1-2H3/b9-5+/t22-,32+/m0/s1. The number of carbonyl (C=O) groups excluding carboxylic acids is 3. The highest BCUT2D eigenvalue weighted by molar-refractivity contribution is 6.09. The van der Waals surface area contributed by atoms with E-state index in [1.165, 1.54) is 7.11 Å². The number of aromatic nitrogens is 3. The molecule has 232 valence electrons. The van der Waals surface area contributed by atoms with E-state index in [0.29, 0.717) is 72.8 Å². The van der Waals surface area contributed by atoms with E-state index in [0.717, 1.165) is 0 Å². The van der Waals surface area contributed by atoms with Gasteiger partial charge in [0.15, 0.2) is 12.2 Å². The van der Waals surface area contributed by atoms with E-state index >= 15 is 0 Å². The number of aliphatic hydroxyl groups excluding tert-OH is 1. The van der Waals surface area contributed by atoms with E-state index in [4.69, 9.17) is 14.6 Å². The second-order valence-electron chi connectivity index (χ2n) is 10.9. The molecule has 3 heterocycles. The molecule has 5 rings (SSSR count). The van der Waals surface area contributed by atoms with Crippen molar-refractivity contribution in [3.63, 3.8) is 0 Å². The molecule has 2 aliphatic rings. The maximum atomic E-state index is 14.0. The number of rotatable bonds is 13. The van der Waals surface area contributed by atoms with Crippen molar-refractivity contribution in [2.24, 2.45) is 5.92 Å². The Bertz CT molecular complexity index is 1550. The summed E-state index contributed by atoms with van der Waals surface area (Å²) in [7, 11) is 1.34. The number of allylic oxidation sites excluding steroid dienone is 1. The van der Waals surface area contributed by atoms with Gasteiger partial charge in [-0.05, 0) is 49.6 Å². The molecule has 0 radical (unpaired) electrons. The Morgan fingerprint density at radius 3 is 2.77 bits per heavy atom. The van der Waals surface area contributed by atoms with Gasteiger partial charge in [-0.3, -0.25) is 24.0 Å². The van der Waals surface area contributed by atoms with Gasteiger partial charge in [0.25, 0.3) is 11.8 Å². The zero-order valence-electron chi connectivity index (χ0n) is 24.9. The summed E-state index contributed by atoms with van der Waals surface area (Å²) in [4.78, 5) is 41.8. The lowest BCUT2D eigenvalue weighted by Gasteiger charge is -2.31. The predicted octanol–water partition coefficient (Wildman–Crippen LogP) is 3.03. The Kier molecular flexibility index (Phi) is 9.40. The summed E-state index contributed by atoms with van der Waals surface area (Å²) in [5.74, 6) is -1.09. The maximum Gasteiger partial charge on any atom is 0.305 e. The van der Waals surface area contributed by atoms with Crippen LogP contribution in [0.3, 0.4) is 0 Å². The van der Waals surface area contributed by atoms with Crippen LogP contribution in [0.1, 0.15) is 43.9 Å². The molecule has 0 fully saturated rings. The van der Waals surface area contributed by atoms with Crippen molar-refractivity contribution in [3.05, 3.63) is 72.1 Å². The minimum absolute atomic E-state index is 0.000414. The molecular weight excluding hydrogens is 566 g/mol. The molecule has 2 aliphatic heterocycles. The van der Waals surface area contributed by atoms with Crippen LogP contribution in [-0.2, 0) is 37.7 Å². The van der Waals surface area contributed by atoms with Crippen LogP contribution in [-0.4, -0.2) is 69.9 Å². The van der Waals surface area contributed by atoms with Gasteiger partial charge in [0, 0.05) is 55.9 Å². The molecule has 2 N–H and O–H groups in total. The molecular formula is C32H37N5O7. The fraction of sp³-hybridized carbons (Fsp3) is 0.406. The van der Waals surface area contributed by atoms with Gasteiger partial charge in [-0.15, -0.1) is 5.10 Å². The number of aliphatic hydroxyl groups is 2. The van der Waals surface area contributed by atoms with Crippen molar-refractivity contribution in [1.29, 1.82) is 0 Å². The summed E-state index contributed by atoms with van der Waals surface area (Å²) in [6.45, 7) is 2.51. The highest BCUT2D eigenvalue weighted by atomic mass is 16.5. The second kappa shape index (κ2) is 13.4. The van der Waals surface area contributed by atoms with Gasteiger partial charge < -0.3 is 24.6 Å². The van der Waals surface area contributed by atoms with Gasteiger partial charge in [-0.1, -0.05) is 36.4 Å². The number of carbonyl (C=O) groups is 3. The lowest BCUT2D eigenvalue weighted by atomic mass is 9.82. The number of hydrogen-bond acceptors (Lipinski definition) is 9. The average molecular weight is 604 g/mol. The van der Waals surface area contributed by atoms with Gasteiger partial charge in [0.2, 0.25) is 0 Å². The first kappa shape index (κ1) is 30.9. The third-order valence-corrected chi connectivity index (χ3v) is 8.02. The van der Waals surface area contributed by atoms with Gasteiger partial charge in [-0.25, -0.2) is 0 Å². The minimum atomic E-state index is -1.89. The molecule has 12 nitrogen and oxygen atoms in total. The first-order valence-corrected chi connectivity index (χ1v) is 14.7. The van der Waals surface area contributed by atoms with E-state index in [1.807, 2.05) is 24.3 Å². The summed E-state index contributed by atoms with van der Waals surface area (Å²) in [5, 5.41) is 29.4. The Morgan fingerprint density at radius 2 is 1.98 bits per heavy atom. The van der Waals surface area contributed by atoms with E-state index < -0.39 is 17.4 Å². The lowest BCUT2D eigenvalue weighted by Crippen LogP contribution is -2.44. The molecule has 2 atom stereocenters. The Labute approximate surface area is 255 Å². The molecule has 0 bridgehead atoms. The van der Waals surface area contributed by atoms with Gasteiger partial charge in [0.05, 0.1) is 24.2 Å². The van der Waals surface area contributed by atoms with Crippen molar-refractivity contribution in [2.45, 2.75) is 51.2 Å². The first-order chi connectivity index (χ1) is 21.3. The van der Waals surface area contributed by atoms with Crippen molar-refractivity contribution < 1.29 is 34.1 Å². The van der Waals surface area contributed by atoms with Crippen LogP contribution in [0.5, 0.6) is 5.75 Å². The molecule has 0 spiro atoms. The predicted molar refractivity (Wildman–Crippen MR) is 161 cm³/mol. The molecule has 3 aromatic rings. The number of ether oxygens (including phenoxy) is 2. The summed E-state index contributed by atoms with van der Waals surface area (Å²) in [6.07, 6.45) is 7.81. The number of fused-ring (bicyclic) bond motifs is 2. The quantitative estimate of drug-likeness (QED) is 0.171. The van der Waals surface area contributed by atoms with Crippen molar-refractivity contribution in [3.8, 4) is 5.75 Å². The summed E-state index contributed by atoms with van der Waals surface area (Å²) >= 11 is 0. The minimum Gasteiger partial charge on any atom is -0.482 e. The number of methoxy groups -OCH3 is 1. The summed E-state index contributed by atoms with van der Waals surface area (Å²) < 4.78 is 12.0. The molecule has 2 amide bonds. The van der Waals surface area contributed by atoms with Crippen LogP contribution >= 0.6 is 0 Å². The highest BCUT2D eigenvalue weighted by Gasteiger charge is 2.52. The van der Waals surface area contributed by atoms with Crippen LogP contribution in [0.4, 0.5) is 17.1 Å². The number of hydrogen-bond donors (Lipinski definition) is 2. The largest absolute Gasteiger partial charge is 0.482 e. The zero-order chi connectivity index (χ0) is 31.3. The van der Waals surface area contributed by atoms with Crippen LogP contribution in [0.2, 0.25) is 0 Å². The molecule has 2 aromatic carbocycles. The van der Waals surface area contributed by atoms with Gasteiger partial charge >= 0.3 is 5.97 Å². The Morgan fingerprint density at radius 1 is 1.16 bits per heavy atom. The smallest absolute Gasteiger partial charge is 0.305 e. The third-order valence-electron chi connectivity index (χ3n) is 8.02. The zero-order valence-corrected chi connectivity index (χ0v) is 24.9. The number of unbranched alkanes of at least 4 members (excludes halogenated alkanes) is 1. The monoisotopic (exact) mass is 603 g/mol. The first-order valence-electron chi connectivity index (χ1n) is 14.7. The van der Waals surface area contributed by atoms with Crippen LogP contribution in [0.15, 0.2) is 60.8 Å². The summed E-state index contributed by atoms with van der Waals surface area (Å²) in [6, 6.07) is 12.5. The maximum absolute atomic E-state index is 14.0. The Hall–Kier alpha value is -4.55. The molecule has 0 unspecified atom stereocenters. The van der Waals surface area contributed by atoms with Crippen molar-refractivity contribution in [1.82, 2.24) is 15.0 Å². The van der Waals surface area contributed by atoms with Crippen LogP contribution in [0.25, 0.3) is 0 Å². The number of amides is 2. The average Bonchev–Trinajstić information content (AvgIpc) is 3.57. The summed E-state index contributed by atoms with van der Waals surface area (Å²) in [5.41, 5.74) is 0.889. The molecule has 1 aromatic heterocycles. The normalized spacial score (nSPS) is 18.4. The second-order valence-corrected chi connectivity index (χ2v) is 10.9. The van der Waals surface area contributed by atoms with Crippen molar-refractivity contribution >= 4 is 34.8 Å². The van der Waals surface area contributed by atoms with Gasteiger partial charge in [-0.2, -0.15) is 0 Å². The highest BCUT2D eigenvalue weighted by Crippen LogP contribution is 2.48.